The van der Waals surface area contributed by atoms with Crippen molar-refractivity contribution in [2.24, 2.45) is 0 Å². The Morgan fingerprint density at radius 3 is 0.467 bits per heavy atom. The Kier molecular flexibility index (Phi) is 95.9. The number of aliphatic carboxylic acids is 11. The number of rotatable bonds is 31. The van der Waals surface area contributed by atoms with E-state index in [2.05, 4.69) is 9.47 Å². The van der Waals surface area contributed by atoms with E-state index in [-0.39, 0.29) is 344 Å². The van der Waals surface area contributed by atoms with E-state index in [0.717, 1.165) is 0 Å². The molecule has 0 aliphatic carbocycles. The van der Waals surface area contributed by atoms with Crippen molar-refractivity contribution >= 4 is 65.7 Å². The fraction of sp³-hybridized carbons (Fsp3) is 0.833. The number of carbonyl (C=O) groups is 11. The van der Waals surface area contributed by atoms with Crippen LogP contribution in [0.3, 0.4) is 0 Å². The number of aliphatic hydroxyl groups is 24. The summed E-state index contributed by atoms with van der Waals surface area (Å²) in [5.74, 6) is -18.4. The van der Waals surface area contributed by atoms with E-state index in [1.165, 1.54) is 34.6 Å². The predicted molar refractivity (Wildman–Crippen MR) is 351 cm³/mol. The second-order valence-corrected chi connectivity index (χ2v) is 28.1. The van der Waals surface area contributed by atoms with Gasteiger partial charge in [-0.25, -0.2) is 0 Å². The average molecular weight is 2110 g/mol. The SMILES string of the molecule is CC(C)O[C@@H]1OC(C(=O)[O-])[C@H](O)[C@H](O)C1O.CC(CC(=O)[O-])O[C@@H]1OC(C(=O)[O-])[C@@H](O)[C@H](O)C1O.CC(CC(=O)[O-])O[C@@H]1OC(C(=O)[O-])[C@@H](O)[C@H](O)C1O.CC(CC(=O)[O-])O[C@@H]1OC(C(=O)[O-])[C@H](O)[C@H](O)C1O.CC(CO)O[C@@H]1OC(C(=O)[O-])[C@@H](O)[C@H](O)C1O.CC(CO)O[C@@H]1OC(C(=O)[O-])[C@H](O)[C@H](O)C1O.O=C([O-])C(CO)O[C@@H]1OC(C(=O)[O-])[C@@H](O)[C@H](O)C1O.[Na+].[Na+].[Na+].[Na+].[Na+].[Na+].[Na+].[Na+].[Na+].[Na+].[Na+]. The second kappa shape index (κ2) is 80.5. The van der Waals surface area contributed by atoms with E-state index in [1.807, 2.05) is 0 Å². The molecule has 0 aromatic carbocycles. The minimum Gasteiger partial charge on any atom is -0.550 e. The molecule has 0 saturated carbocycles. The summed E-state index contributed by atoms with van der Waals surface area (Å²) in [6.45, 7) is 8.45. The molecular formula is C66H99Na11O60. The van der Waals surface area contributed by atoms with Gasteiger partial charge < -0.3 is 298 Å². The average Bonchev–Trinajstić information content (AvgIpc) is 0.852. The van der Waals surface area contributed by atoms with Crippen molar-refractivity contribution in [1.29, 1.82) is 0 Å². The molecule has 0 bridgehead atoms. The third kappa shape index (κ3) is 53.9. The summed E-state index contributed by atoms with van der Waals surface area (Å²) in [6, 6.07) is 0. The summed E-state index contributed by atoms with van der Waals surface area (Å²) in [6.07, 6.45) is -69.3. The minimum atomic E-state index is -2.02. The van der Waals surface area contributed by atoms with Crippen molar-refractivity contribution < 1.29 is 623 Å². The molecule has 71 heteroatoms. The number of aliphatic hydroxyl groups excluding tert-OH is 24. The van der Waals surface area contributed by atoms with Crippen LogP contribution in [0.15, 0.2) is 0 Å². The molecule has 24 N–H and O–H groups in total. The van der Waals surface area contributed by atoms with Gasteiger partial charge in [-0.3, -0.25) is 0 Å². The first-order chi connectivity index (χ1) is 58.1. The van der Waals surface area contributed by atoms with Crippen LogP contribution >= 0.6 is 0 Å². The first kappa shape index (κ1) is 163. The summed E-state index contributed by atoms with van der Waals surface area (Å²) < 4.78 is 67.6. The maximum atomic E-state index is 10.7. The summed E-state index contributed by atoms with van der Waals surface area (Å²) in [4.78, 5) is 116. The summed E-state index contributed by atoms with van der Waals surface area (Å²) >= 11 is 0. The van der Waals surface area contributed by atoms with Gasteiger partial charge in [-0.15, -0.1) is 0 Å². The second-order valence-electron chi connectivity index (χ2n) is 28.1. The van der Waals surface area contributed by atoms with Gasteiger partial charge in [0.1, 0.15) is 177 Å². The van der Waals surface area contributed by atoms with Crippen molar-refractivity contribution in [2.45, 2.75) is 325 Å². The van der Waals surface area contributed by atoms with Crippen LogP contribution in [0.5, 0.6) is 0 Å². The monoisotopic (exact) mass is 2100 g/mol. The number of hydrogen-bond acceptors (Lipinski definition) is 60. The third-order valence-electron chi connectivity index (χ3n) is 17.5. The molecule has 41 atom stereocenters. The van der Waals surface area contributed by atoms with Crippen LogP contribution in [0, 0.1) is 0 Å². The van der Waals surface area contributed by atoms with Crippen molar-refractivity contribution in [3.05, 3.63) is 0 Å². The van der Waals surface area contributed by atoms with Crippen LogP contribution in [0.2, 0.25) is 0 Å². The van der Waals surface area contributed by atoms with Crippen LogP contribution in [0.1, 0.15) is 67.7 Å². The van der Waals surface area contributed by atoms with Gasteiger partial charge in [0.15, 0.2) is 44.0 Å². The van der Waals surface area contributed by atoms with Crippen LogP contribution in [-0.4, -0.2) is 466 Å². The standard InChI is InChI=1S/3C10H16O9.C9H14O10.2C9H16O8.C9H16O7.11Na/c3*1-3(2-4(11)12)18-10-7(15)5(13)6(14)8(19-10)9(16)17;10-1-2(7(14)15)18-9-5(13)3(11)4(12)6(19-9)8(16)17;2*1-3(2-10)16-9-6(13)4(11)5(12)7(17-9)8(14)15;1-3(2)15-9-6(12)4(10)5(11)7(16-9)8(13)14;;;;;;;;;;;/h3*3,5-8,10,13-15H,2H2,1H3,(H,11,12)(H,16,17);2-6,9-13H,1H2,(H,14,15)(H,16,17);2*3-7,9-13H,2H2,1H3,(H,14,15);3-7,9-12H,1-2H3,(H,13,14);;;;;;;;;;;/q;;;;;;;11*+1/p-11/t3?,5-,6+,7?,8?,10+;2*3?,5-,6-,7?,8?,10+;2?,3-,4-,5?,6?,9+;3?,4-,5+,6?,7?,9+;3?,4-,5-,6?,7?,9+;4-,5+,6?,7?,9+;;;;;;;;;;;/m0000000.........../s1. The number of ether oxygens (including phenoxy) is 14. The van der Waals surface area contributed by atoms with E-state index in [9.17, 15) is 216 Å². The molecule has 7 aliphatic heterocycles. The molecule has 0 amide bonds. The zero-order valence-corrected chi connectivity index (χ0v) is 99.4. The fourth-order valence-corrected chi connectivity index (χ4v) is 10.8. The van der Waals surface area contributed by atoms with Gasteiger partial charge in [0.05, 0.1) is 104 Å². The van der Waals surface area contributed by atoms with Crippen molar-refractivity contribution in [3.8, 4) is 0 Å². The van der Waals surface area contributed by atoms with E-state index < -0.39 is 343 Å². The normalized spacial score (nSPS) is 35.0. The van der Waals surface area contributed by atoms with E-state index >= 15 is 0 Å². The molecule has 734 valence electrons. The maximum Gasteiger partial charge on any atom is 1.00 e. The van der Waals surface area contributed by atoms with Crippen molar-refractivity contribution in [2.75, 3.05) is 19.8 Å². The molecule has 7 heterocycles. The fourth-order valence-electron chi connectivity index (χ4n) is 10.8. The molecule has 7 aliphatic rings. The number of carboxylic acid groups (broad SMARTS) is 11. The quantitative estimate of drug-likeness (QED) is 0.0287. The molecule has 0 aromatic rings. The number of carbonyl (C=O) groups excluding carboxylic acids is 11. The van der Waals surface area contributed by atoms with Crippen molar-refractivity contribution in [3.63, 3.8) is 0 Å². The summed E-state index contributed by atoms with van der Waals surface area (Å²) in [5, 5.41) is 340. The molecule has 60 nitrogen and oxygen atoms in total. The molecule has 0 aromatic heterocycles. The zero-order chi connectivity index (χ0) is 97.7. The minimum absolute atomic E-state index is 0. The molecule has 7 saturated heterocycles. The molecule has 137 heavy (non-hydrogen) atoms. The van der Waals surface area contributed by atoms with Gasteiger partial charge in [0.2, 0.25) is 0 Å². The Morgan fingerprint density at radius 1 is 0.212 bits per heavy atom. The van der Waals surface area contributed by atoms with Gasteiger partial charge in [-0.2, -0.15) is 0 Å². The van der Waals surface area contributed by atoms with E-state index in [0.29, 0.717) is 0 Å². The molecule has 7 fully saturated rings. The van der Waals surface area contributed by atoms with Crippen LogP contribution in [-0.2, 0) is 119 Å². The smallest absolute Gasteiger partial charge is 0.550 e. The third-order valence-corrected chi connectivity index (χ3v) is 17.5. The molecule has 0 radical (unpaired) electrons. The van der Waals surface area contributed by atoms with Crippen LogP contribution < -0.4 is 381 Å². The van der Waals surface area contributed by atoms with Gasteiger partial charge >= 0.3 is 325 Å². The zero-order valence-electron chi connectivity index (χ0n) is 77.4. The number of hydrogen-bond donors (Lipinski definition) is 24. The predicted octanol–water partition coefficient (Wildman–Crippen LogP) is -65.2. The van der Waals surface area contributed by atoms with E-state index in [4.69, 9.17) is 72.2 Å². The molecule has 20 unspecified atom stereocenters. The van der Waals surface area contributed by atoms with E-state index in [1.54, 1.807) is 13.8 Å². The van der Waals surface area contributed by atoms with Gasteiger partial charge in [-0.1, -0.05) is 0 Å². The number of carboxylic acids is 11. The Hall–Kier alpha value is 3.65. The van der Waals surface area contributed by atoms with Gasteiger partial charge in [0, 0.05) is 37.2 Å². The molecule has 7 rings (SSSR count). The van der Waals surface area contributed by atoms with Gasteiger partial charge in [-0.05, 0) is 48.5 Å². The Balaban J connectivity index is -0.000000148. The van der Waals surface area contributed by atoms with Crippen molar-refractivity contribution in [1.82, 2.24) is 0 Å². The maximum absolute atomic E-state index is 10.7. The largest absolute Gasteiger partial charge is 1.00 e. The summed E-state index contributed by atoms with van der Waals surface area (Å²) in [5.41, 5.74) is 0. The topological polar surface area (TPSA) is 1060 Å². The Bertz CT molecular complexity index is 3200. The first-order valence-corrected chi connectivity index (χ1v) is 36.7. The Labute approximate surface area is 1020 Å². The van der Waals surface area contributed by atoms with Crippen LogP contribution in [0.25, 0.3) is 0 Å². The molecule has 0 spiro atoms. The first-order valence-electron chi connectivity index (χ1n) is 36.7. The van der Waals surface area contributed by atoms with Crippen LogP contribution in [0.4, 0.5) is 0 Å². The Morgan fingerprint density at radius 2 is 0.350 bits per heavy atom. The van der Waals surface area contributed by atoms with Gasteiger partial charge in [0.25, 0.3) is 0 Å². The summed E-state index contributed by atoms with van der Waals surface area (Å²) in [7, 11) is 0. The molecular weight excluding hydrogens is 2010 g/mol.